The van der Waals surface area contributed by atoms with Crippen LogP contribution in [0.4, 0.5) is 0 Å². The zero-order valence-corrected chi connectivity index (χ0v) is 14.6. The molecule has 0 fully saturated rings. The fourth-order valence-electron chi connectivity index (χ4n) is 3.29. The number of halogens is 1. The standard InChI is InChI=1S/C20H23ClN2/c1-14-7-4-5-8-18(14)16-11-17-13-23(15(2)22-3)10-6-9-19(17)20(21)12-16/h4-5,7-8,11-12,22H,2,6,9-10,13H2,1,3H3. The number of fused-ring (bicyclic) bond motifs is 1. The van der Waals surface area contributed by atoms with E-state index < -0.39 is 0 Å². The van der Waals surface area contributed by atoms with Crippen LogP contribution < -0.4 is 5.32 Å². The number of nitrogens with zero attached hydrogens (tertiary/aromatic N) is 1. The molecule has 1 N–H and O–H groups in total. The predicted molar refractivity (Wildman–Crippen MR) is 98.6 cm³/mol. The van der Waals surface area contributed by atoms with Crippen molar-refractivity contribution in [1.29, 1.82) is 0 Å². The molecule has 3 heteroatoms. The molecule has 1 aliphatic rings. The van der Waals surface area contributed by atoms with Crippen molar-refractivity contribution in [1.82, 2.24) is 10.2 Å². The van der Waals surface area contributed by atoms with Crippen molar-refractivity contribution in [3.05, 3.63) is 70.5 Å². The molecule has 2 nitrogen and oxygen atoms in total. The Morgan fingerprint density at radius 3 is 2.78 bits per heavy atom. The van der Waals surface area contributed by atoms with Crippen LogP contribution in [0.3, 0.4) is 0 Å². The minimum atomic E-state index is 0.856. The zero-order valence-electron chi connectivity index (χ0n) is 13.8. The SMILES string of the molecule is C=C(NC)N1CCCc2c(Cl)cc(-c3ccccc3C)cc2C1. The first-order valence-corrected chi connectivity index (χ1v) is 8.47. The van der Waals surface area contributed by atoms with Crippen molar-refractivity contribution in [3.8, 4) is 11.1 Å². The van der Waals surface area contributed by atoms with E-state index in [0.29, 0.717) is 0 Å². The van der Waals surface area contributed by atoms with Gasteiger partial charge in [0.25, 0.3) is 0 Å². The van der Waals surface area contributed by atoms with Crippen LogP contribution in [0.2, 0.25) is 5.02 Å². The molecule has 2 aromatic rings. The van der Waals surface area contributed by atoms with Crippen LogP contribution in [-0.2, 0) is 13.0 Å². The highest BCUT2D eigenvalue weighted by atomic mass is 35.5. The summed E-state index contributed by atoms with van der Waals surface area (Å²) in [5, 5.41) is 4.05. The third-order valence-electron chi connectivity index (χ3n) is 4.63. The summed E-state index contributed by atoms with van der Waals surface area (Å²) in [4.78, 5) is 2.30. The molecule has 23 heavy (non-hydrogen) atoms. The number of hydrogen-bond acceptors (Lipinski definition) is 2. The van der Waals surface area contributed by atoms with Crippen LogP contribution in [0.1, 0.15) is 23.1 Å². The van der Waals surface area contributed by atoms with Gasteiger partial charge in [0, 0.05) is 25.2 Å². The van der Waals surface area contributed by atoms with Crippen molar-refractivity contribution < 1.29 is 0 Å². The lowest BCUT2D eigenvalue weighted by atomic mass is 9.95. The fraction of sp³-hybridized carbons (Fsp3) is 0.300. The summed E-state index contributed by atoms with van der Waals surface area (Å²) in [5.41, 5.74) is 6.32. The van der Waals surface area contributed by atoms with Crippen molar-refractivity contribution in [3.63, 3.8) is 0 Å². The number of nitrogens with one attached hydrogen (secondary N) is 1. The Hall–Kier alpha value is -1.93. The Balaban J connectivity index is 2.05. The molecule has 2 aromatic carbocycles. The van der Waals surface area contributed by atoms with Gasteiger partial charge in [0.1, 0.15) is 0 Å². The Morgan fingerprint density at radius 2 is 2.04 bits per heavy atom. The van der Waals surface area contributed by atoms with Gasteiger partial charge in [-0.3, -0.25) is 0 Å². The summed E-state index contributed by atoms with van der Waals surface area (Å²) < 4.78 is 0. The van der Waals surface area contributed by atoms with E-state index in [4.69, 9.17) is 11.6 Å². The van der Waals surface area contributed by atoms with E-state index in [1.165, 1.54) is 27.8 Å². The molecule has 0 atom stereocenters. The van der Waals surface area contributed by atoms with Crippen molar-refractivity contribution in [2.24, 2.45) is 0 Å². The normalized spacial score (nSPS) is 14.1. The molecule has 0 saturated carbocycles. The van der Waals surface area contributed by atoms with Gasteiger partial charge in [-0.2, -0.15) is 0 Å². The minimum Gasteiger partial charge on any atom is -0.375 e. The van der Waals surface area contributed by atoms with E-state index in [0.717, 1.165) is 36.8 Å². The monoisotopic (exact) mass is 326 g/mol. The van der Waals surface area contributed by atoms with Crippen molar-refractivity contribution in [2.45, 2.75) is 26.3 Å². The Kier molecular flexibility index (Phi) is 4.63. The number of rotatable bonds is 3. The molecule has 0 spiro atoms. The molecule has 0 bridgehead atoms. The Labute approximate surface area is 143 Å². The Morgan fingerprint density at radius 1 is 1.26 bits per heavy atom. The molecule has 1 heterocycles. The summed E-state index contributed by atoms with van der Waals surface area (Å²) in [6, 6.07) is 12.9. The van der Waals surface area contributed by atoms with E-state index in [1.54, 1.807) is 0 Å². The van der Waals surface area contributed by atoms with Crippen LogP contribution in [0.5, 0.6) is 0 Å². The number of benzene rings is 2. The molecule has 0 radical (unpaired) electrons. The highest BCUT2D eigenvalue weighted by Crippen LogP contribution is 2.33. The zero-order chi connectivity index (χ0) is 16.4. The third kappa shape index (κ3) is 3.23. The molecule has 1 aliphatic heterocycles. The molecule has 0 aliphatic carbocycles. The van der Waals surface area contributed by atoms with Crippen LogP contribution in [0.25, 0.3) is 11.1 Å². The second-order valence-corrected chi connectivity index (χ2v) is 6.54. The van der Waals surface area contributed by atoms with Crippen molar-refractivity contribution >= 4 is 11.6 Å². The van der Waals surface area contributed by atoms with E-state index >= 15 is 0 Å². The molecular weight excluding hydrogens is 304 g/mol. The number of hydrogen-bond donors (Lipinski definition) is 1. The lowest BCUT2D eigenvalue weighted by Gasteiger charge is -2.25. The summed E-state index contributed by atoms with van der Waals surface area (Å²) in [7, 11) is 1.92. The maximum atomic E-state index is 6.63. The fourth-order valence-corrected chi connectivity index (χ4v) is 3.62. The topological polar surface area (TPSA) is 15.3 Å². The number of aryl methyl sites for hydroxylation is 1. The highest BCUT2D eigenvalue weighted by Gasteiger charge is 2.18. The average molecular weight is 327 g/mol. The van der Waals surface area contributed by atoms with Gasteiger partial charge < -0.3 is 10.2 Å². The maximum absolute atomic E-state index is 6.63. The van der Waals surface area contributed by atoms with Crippen LogP contribution in [0.15, 0.2) is 48.8 Å². The van der Waals surface area contributed by atoms with Gasteiger partial charge in [-0.1, -0.05) is 42.4 Å². The van der Waals surface area contributed by atoms with Crippen LogP contribution in [0, 0.1) is 6.92 Å². The molecule has 0 unspecified atom stereocenters. The van der Waals surface area contributed by atoms with Gasteiger partial charge in [0.15, 0.2) is 0 Å². The van der Waals surface area contributed by atoms with Crippen LogP contribution >= 0.6 is 11.6 Å². The van der Waals surface area contributed by atoms with E-state index in [1.807, 2.05) is 7.05 Å². The van der Waals surface area contributed by atoms with Crippen LogP contribution in [-0.4, -0.2) is 18.5 Å². The molecule has 0 saturated heterocycles. The highest BCUT2D eigenvalue weighted by molar-refractivity contribution is 6.31. The summed E-state index contributed by atoms with van der Waals surface area (Å²) in [6.45, 7) is 8.11. The van der Waals surface area contributed by atoms with Gasteiger partial charge in [-0.05, 0) is 59.7 Å². The van der Waals surface area contributed by atoms with Gasteiger partial charge in [0.2, 0.25) is 0 Å². The third-order valence-corrected chi connectivity index (χ3v) is 4.97. The van der Waals surface area contributed by atoms with Crippen molar-refractivity contribution in [2.75, 3.05) is 13.6 Å². The first kappa shape index (κ1) is 15.9. The van der Waals surface area contributed by atoms with E-state index in [2.05, 4.69) is 60.1 Å². The smallest absolute Gasteiger partial charge is 0.0939 e. The molecule has 120 valence electrons. The molecule has 0 amide bonds. The lowest BCUT2D eigenvalue weighted by molar-refractivity contribution is 0.324. The van der Waals surface area contributed by atoms with E-state index in [9.17, 15) is 0 Å². The van der Waals surface area contributed by atoms with Gasteiger partial charge >= 0.3 is 0 Å². The quantitative estimate of drug-likeness (QED) is 0.875. The van der Waals surface area contributed by atoms with Gasteiger partial charge in [-0.15, -0.1) is 0 Å². The molecule has 0 aromatic heterocycles. The van der Waals surface area contributed by atoms with Gasteiger partial charge in [0.05, 0.1) is 5.82 Å². The first-order valence-electron chi connectivity index (χ1n) is 8.09. The average Bonchev–Trinajstić information content (AvgIpc) is 2.77. The second-order valence-electron chi connectivity index (χ2n) is 6.13. The molecule has 3 rings (SSSR count). The predicted octanol–water partition coefficient (Wildman–Crippen LogP) is 4.75. The minimum absolute atomic E-state index is 0.856. The van der Waals surface area contributed by atoms with Gasteiger partial charge in [-0.25, -0.2) is 0 Å². The second kappa shape index (κ2) is 6.67. The maximum Gasteiger partial charge on any atom is 0.0939 e. The van der Waals surface area contributed by atoms with E-state index in [-0.39, 0.29) is 0 Å². The largest absolute Gasteiger partial charge is 0.375 e. The lowest BCUT2D eigenvalue weighted by Crippen LogP contribution is -2.28. The summed E-state index contributed by atoms with van der Waals surface area (Å²) >= 11 is 6.63. The first-order chi connectivity index (χ1) is 11.1. The summed E-state index contributed by atoms with van der Waals surface area (Å²) in [6.07, 6.45) is 2.12. The summed E-state index contributed by atoms with van der Waals surface area (Å²) in [5.74, 6) is 0.968. The Bertz CT molecular complexity index is 736. The molecular formula is C20H23ClN2.